The minimum atomic E-state index is -4.77. The number of carbonyl (C=O) groups excluding carboxylic acids is 2. The topological polar surface area (TPSA) is 101 Å². The van der Waals surface area contributed by atoms with E-state index in [4.69, 9.17) is 4.74 Å². The van der Waals surface area contributed by atoms with Gasteiger partial charge >= 0.3 is 6.36 Å². The number of benzene rings is 2. The van der Waals surface area contributed by atoms with E-state index in [9.17, 15) is 22.8 Å². The van der Waals surface area contributed by atoms with Gasteiger partial charge in [-0.3, -0.25) is 9.59 Å². The van der Waals surface area contributed by atoms with Crippen LogP contribution < -0.4 is 9.47 Å². The minimum absolute atomic E-state index is 0.0662. The van der Waals surface area contributed by atoms with Gasteiger partial charge in [0.2, 0.25) is 0 Å². The van der Waals surface area contributed by atoms with Crippen LogP contribution in [0.15, 0.2) is 42.5 Å². The van der Waals surface area contributed by atoms with Gasteiger partial charge in [-0.05, 0) is 60.7 Å². The van der Waals surface area contributed by atoms with Crippen LogP contribution in [0.25, 0.3) is 11.0 Å². The van der Waals surface area contributed by atoms with Crippen LogP contribution in [0.2, 0.25) is 0 Å². The van der Waals surface area contributed by atoms with Crippen LogP contribution >= 0.6 is 0 Å². The Morgan fingerprint density at radius 2 is 1.63 bits per heavy atom. The standard InChI is InChI=1S/C23H22F3N5O4/c24-23(25,26)35-18-4-2-17(3-5-18)34-13-21(32)30-8-7-15-10-31(12-16(15)11-30)22(33)14-1-6-19-20(9-14)28-29-27-19/h1-6,9,15-16H,7-8,10-13H2,(H,27,28,29)/t15?,16-/m1/s1. The van der Waals surface area contributed by atoms with E-state index in [1.165, 1.54) is 12.1 Å². The molecule has 3 aromatic rings. The lowest BCUT2D eigenvalue weighted by Gasteiger charge is -2.34. The third-order valence-electron chi connectivity index (χ3n) is 6.42. The number of carbonyl (C=O) groups is 2. The Morgan fingerprint density at radius 1 is 0.943 bits per heavy atom. The molecular weight excluding hydrogens is 467 g/mol. The SMILES string of the molecule is O=C(COc1ccc(OC(F)(F)F)cc1)N1CCC2CN(C(=O)c3ccc4n[nH]nc4c3)C[C@H]2C1. The molecule has 35 heavy (non-hydrogen) atoms. The highest BCUT2D eigenvalue weighted by Gasteiger charge is 2.40. The third kappa shape index (κ3) is 5.15. The first kappa shape index (κ1) is 22.9. The molecule has 5 rings (SSSR count). The van der Waals surface area contributed by atoms with E-state index in [0.29, 0.717) is 48.7 Å². The Bertz CT molecular complexity index is 1230. The highest BCUT2D eigenvalue weighted by atomic mass is 19.4. The van der Waals surface area contributed by atoms with Gasteiger partial charge in [0.05, 0.1) is 0 Å². The van der Waals surface area contributed by atoms with Crippen molar-refractivity contribution >= 4 is 22.8 Å². The molecule has 2 fully saturated rings. The highest BCUT2D eigenvalue weighted by molar-refractivity contribution is 5.97. The first-order chi connectivity index (χ1) is 16.7. The Hall–Kier alpha value is -3.83. The van der Waals surface area contributed by atoms with Crippen LogP contribution in [-0.2, 0) is 4.79 Å². The van der Waals surface area contributed by atoms with E-state index in [-0.39, 0.29) is 35.8 Å². The van der Waals surface area contributed by atoms with Gasteiger partial charge in [-0.15, -0.1) is 13.2 Å². The molecule has 1 N–H and O–H groups in total. The second-order valence-electron chi connectivity index (χ2n) is 8.69. The quantitative estimate of drug-likeness (QED) is 0.592. The van der Waals surface area contributed by atoms with Gasteiger partial charge in [0.15, 0.2) is 6.61 Å². The average molecular weight is 489 g/mol. The molecule has 0 radical (unpaired) electrons. The Kier molecular flexibility index (Phi) is 5.95. The van der Waals surface area contributed by atoms with E-state index < -0.39 is 6.36 Å². The Labute approximate surface area is 197 Å². The molecule has 9 nitrogen and oxygen atoms in total. The minimum Gasteiger partial charge on any atom is -0.484 e. The van der Waals surface area contributed by atoms with Crippen LogP contribution in [0.1, 0.15) is 16.8 Å². The van der Waals surface area contributed by atoms with Gasteiger partial charge in [-0.1, -0.05) is 0 Å². The fraction of sp³-hybridized carbons (Fsp3) is 0.391. The number of aromatic nitrogens is 3. The van der Waals surface area contributed by atoms with Crippen molar-refractivity contribution < 1.29 is 32.2 Å². The number of piperidine rings is 1. The number of fused-ring (bicyclic) bond motifs is 2. The van der Waals surface area contributed by atoms with E-state index in [1.54, 1.807) is 23.1 Å². The summed E-state index contributed by atoms with van der Waals surface area (Å²) in [6.45, 7) is 2.07. The highest BCUT2D eigenvalue weighted by Crippen LogP contribution is 2.32. The lowest BCUT2D eigenvalue weighted by molar-refractivity contribution is -0.274. The monoisotopic (exact) mass is 489 g/mol. The van der Waals surface area contributed by atoms with Crippen molar-refractivity contribution in [2.75, 3.05) is 32.8 Å². The van der Waals surface area contributed by atoms with Crippen molar-refractivity contribution in [2.24, 2.45) is 11.8 Å². The summed E-state index contributed by atoms with van der Waals surface area (Å²) >= 11 is 0. The van der Waals surface area contributed by atoms with Gasteiger partial charge in [0, 0.05) is 31.7 Å². The number of rotatable bonds is 5. The molecule has 0 spiro atoms. The molecule has 2 aliphatic rings. The zero-order valence-electron chi connectivity index (χ0n) is 18.5. The fourth-order valence-corrected chi connectivity index (χ4v) is 4.69. The molecule has 12 heteroatoms. The number of amides is 2. The summed E-state index contributed by atoms with van der Waals surface area (Å²) < 4.78 is 46.1. The molecule has 2 amide bonds. The molecule has 0 bridgehead atoms. The molecule has 1 aromatic heterocycles. The summed E-state index contributed by atoms with van der Waals surface area (Å²) in [6, 6.07) is 10.1. The van der Waals surface area contributed by atoms with Crippen molar-refractivity contribution in [1.82, 2.24) is 25.2 Å². The molecule has 2 saturated heterocycles. The van der Waals surface area contributed by atoms with Gasteiger partial charge in [-0.2, -0.15) is 15.4 Å². The number of alkyl halides is 3. The lowest BCUT2D eigenvalue weighted by atomic mass is 9.89. The third-order valence-corrected chi connectivity index (χ3v) is 6.42. The van der Waals surface area contributed by atoms with Crippen LogP contribution in [-0.4, -0.2) is 76.2 Å². The lowest BCUT2D eigenvalue weighted by Crippen LogP contribution is -2.45. The van der Waals surface area contributed by atoms with Crippen LogP contribution in [0.4, 0.5) is 13.2 Å². The van der Waals surface area contributed by atoms with E-state index >= 15 is 0 Å². The predicted octanol–water partition coefficient (Wildman–Crippen LogP) is 2.86. The van der Waals surface area contributed by atoms with Gasteiger partial charge in [0.25, 0.3) is 11.8 Å². The smallest absolute Gasteiger partial charge is 0.484 e. The number of hydrogen-bond donors (Lipinski definition) is 1. The van der Waals surface area contributed by atoms with E-state index in [1.807, 2.05) is 4.90 Å². The average Bonchev–Trinajstić information content (AvgIpc) is 3.47. The van der Waals surface area contributed by atoms with Crippen LogP contribution in [0, 0.1) is 11.8 Å². The van der Waals surface area contributed by atoms with Crippen molar-refractivity contribution in [3.63, 3.8) is 0 Å². The second-order valence-corrected chi connectivity index (χ2v) is 8.69. The molecule has 0 saturated carbocycles. The molecule has 0 aliphatic carbocycles. The Morgan fingerprint density at radius 3 is 2.40 bits per heavy atom. The normalized spacial score (nSPS) is 20.1. The number of likely N-dealkylation sites (tertiary alicyclic amines) is 2. The molecule has 184 valence electrons. The first-order valence-electron chi connectivity index (χ1n) is 11.1. The van der Waals surface area contributed by atoms with Crippen LogP contribution in [0.5, 0.6) is 11.5 Å². The van der Waals surface area contributed by atoms with Crippen molar-refractivity contribution in [3.8, 4) is 11.5 Å². The summed E-state index contributed by atoms with van der Waals surface area (Å²) in [5.41, 5.74) is 1.88. The van der Waals surface area contributed by atoms with E-state index in [2.05, 4.69) is 20.1 Å². The summed E-state index contributed by atoms with van der Waals surface area (Å²) in [6.07, 6.45) is -3.98. The molecule has 1 unspecified atom stereocenters. The molecule has 2 atom stereocenters. The molecular formula is C23H22F3N5O4. The zero-order valence-corrected chi connectivity index (χ0v) is 18.5. The molecule has 2 aromatic carbocycles. The molecule has 3 heterocycles. The summed E-state index contributed by atoms with van der Waals surface area (Å²) in [5, 5.41) is 10.6. The van der Waals surface area contributed by atoms with Crippen molar-refractivity contribution in [1.29, 1.82) is 0 Å². The number of nitrogens with one attached hydrogen (secondary N) is 1. The van der Waals surface area contributed by atoms with Crippen molar-refractivity contribution in [3.05, 3.63) is 48.0 Å². The summed E-state index contributed by atoms with van der Waals surface area (Å²) in [4.78, 5) is 29.3. The maximum Gasteiger partial charge on any atom is 0.573 e. The number of aromatic amines is 1. The molecule has 2 aliphatic heterocycles. The fourth-order valence-electron chi connectivity index (χ4n) is 4.69. The number of ether oxygens (including phenoxy) is 2. The number of halogens is 3. The number of H-pyrrole nitrogens is 1. The Balaban J connectivity index is 1.13. The second kappa shape index (κ2) is 9.08. The maximum atomic E-state index is 13.0. The van der Waals surface area contributed by atoms with Crippen molar-refractivity contribution in [2.45, 2.75) is 12.8 Å². The number of nitrogens with zero attached hydrogens (tertiary/aromatic N) is 4. The van der Waals surface area contributed by atoms with Gasteiger partial charge < -0.3 is 19.3 Å². The first-order valence-corrected chi connectivity index (χ1v) is 11.1. The predicted molar refractivity (Wildman–Crippen MR) is 117 cm³/mol. The van der Waals surface area contributed by atoms with E-state index in [0.717, 1.165) is 18.6 Å². The van der Waals surface area contributed by atoms with Gasteiger partial charge in [-0.25, -0.2) is 0 Å². The summed E-state index contributed by atoms with van der Waals surface area (Å²) in [7, 11) is 0. The van der Waals surface area contributed by atoms with Gasteiger partial charge in [0.1, 0.15) is 22.5 Å². The summed E-state index contributed by atoms with van der Waals surface area (Å²) in [5.74, 6) is 0.125. The number of hydrogen-bond acceptors (Lipinski definition) is 6. The zero-order chi connectivity index (χ0) is 24.6. The maximum absolute atomic E-state index is 13.0. The van der Waals surface area contributed by atoms with Crippen LogP contribution in [0.3, 0.4) is 0 Å². The largest absolute Gasteiger partial charge is 0.573 e.